The lowest BCUT2D eigenvalue weighted by Gasteiger charge is -2.45. The molecule has 1 saturated carbocycles. The second-order valence-electron chi connectivity index (χ2n) is 6.55. The standard InChI is InChI=1S/C15H19F2NO/c1-13(2)6-5-10-7-11(3-4-12(10)19-13)14(18)8-15(16,17)9-14/h3-4,7H,5-6,8-9,18H2,1-2H3. The minimum atomic E-state index is -2.61. The first kappa shape index (κ1) is 12.9. The van der Waals surface area contributed by atoms with Gasteiger partial charge in [-0.3, -0.25) is 0 Å². The molecule has 2 aliphatic rings. The van der Waals surface area contributed by atoms with Crippen LogP contribution in [0.2, 0.25) is 0 Å². The molecule has 1 aromatic rings. The maximum Gasteiger partial charge on any atom is 0.252 e. The van der Waals surface area contributed by atoms with Crippen LogP contribution in [-0.4, -0.2) is 11.5 Å². The molecule has 0 saturated heterocycles. The lowest BCUT2D eigenvalue weighted by atomic mass is 9.69. The van der Waals surface area contributed by atoms with E-state index in [1.54, 1.807) is 0 Å². The molecule has 0 radical (unpaired) electrons. The largest absolute Gasteiger partial charge is 0.488 e. The summed E-state index contributed by atoms with van der Waals surface area (Å²) >= 11 is 0. The van der Waals surface area contributed by atoms with E-state index in [-0.39, 0.29) is 18.4 Å². The van der Waals surface area contributed by atoms with E-state index in [2.05, 4.69) is 13.8 Å². The number of hydrogen-bond donors (Lipinski definition) is 1. The van der Waals surface area contributed by atoms with Crippen molar-refractivity contribution in [3.63, 3.8) is 0 Å². The van der Waals surface area contributed by atoms with E-state index in [1.807, 2.05) is 18.2 Å². The van der Waals surface area contributed by atoms with Crippen LogP contribution in [0.1, 0.15) is 44.2 Å². The number of benzene rings is 1. The van der Waals surface area contributed by atoms with Crippen molar-refractivity contribution in [2.75, 3.05) is 0 Å². The summed E-state index contributed by atoms with van der Waals surface area (Å²) in [6, 6.07) is 5.64. The number of nitrogens with two attached hydrogens (primary N) is 1. The fourth-order valence-electron chi connectivity index (χ4n) is 3.04. The van der Waals surface area contributed by atoms with Gasteiger partial charge in [-0.15, -0.1) is 0 Å². The Morgan fingerprint density at radius 1 is 1.21 bits per heavy atom. The highest BCUT2D eigenvalue weighted by Gasteiger charge is 2.55. The smallest absolute Gasteiger partial charge is 0.252 e. The Bertz CT molecular complexity index is 517. The molecule has 104 valence electrons. The van der Waals surface area contributed by atoms with E-state index < -0.39 is 11.5 Å². The van der Waals surface area contributed by atoms with E-state index in [9.17, 15) is 8.78 Å². The van der Waals surface area contributed by atoms with Crippen LogP contribution in [0.15, 0.2) is 18.2 Å². The van der Waals surface area contributed by atoms with Crippen molar-refractivity contribution < 1.29 is 13.5 Å². The molecule has 0 aromatic heterocycles. The predicted molar refractivity (Wildman–Crippen MR) is 69.5 cm³/mol. The summed E-state index contributed by atoms with van der Waals surface area (Å²) in [7, 11) is 0. The third-order valence-electron chi connectivity index (χ3n) is 4.17. The molecule has 0 amide bonds. The Balaban J connectivity index is 1.88. The fraction of sp³-hybridized carbons (Fsp3) is 0.600. The quantitative estimate of drug-likeness (QED) is 0.846. The second-order valence-corrected chi connectivity index (χ2v) is 6.55. The molecule has 0 spiro atoms. The molecule has 4 heteroatoms. The van der Waals surface area contributed by atoms with E-state index >= 15 is 0 Å². The average molecular weight is 267 g/mol. The third-order valence-corrected chi connectivity index (χ3v) is 4.17. The summed E-state index contributed by atoms with van der Waals surface area (Å²) in [5, 5.41) is 0. The van der Waals surface area contributed by atoms with Crippen LogP contribution in [0.5, 0.6) is 5.75 Å². The normalized spacial score (nSPS) is 25.9. The number of aryl methyl sites for hydroxylation is 1. The molecule has 1 fully saturated rings. The predicted octanol–water partition coefficient (Wildman–Crippen LogP) is 3.37. The molecule has 3 rings (SSSR count). The van der Waals surface area contributed by atoms with Crippen LogP contribution in [-0.2, 0) is 12.0 Å². The summed E-state index contributed by atoms with van der Waals surface area (Å²) in [5.74, 6) is -1.75. The van der Waals surface area contributed by atoms with Gasteiger partial charge in [0.1, 0.15) is 11.4 Å². The Hall–Kier alpha value is -1.16. The molecule has 19 heavy (non-hydrogen) atoms. The molecule has 1 heterocycles. The average Bonchev–Trinajstić information content (AvgIpc) is 2.24. The van der Waals surface area contributed by atoms with Crippen LogP contribution in [0, 0.1) is 0 Å². The highest BCUT2D eigenvalue weighted by atomic mass is 19.3. The van der Waals surface area contributed by atoms with Gasteiger partial charge in [-0.2, -0.15) is 0 Å². The Morgan fingerprint density at radius 2 is 1.89 bits per heavy atom. The topological polar surface area (TPSA) is 35.2 Å². The molecule has 0 atom stereocenters. The molecular formula is C15H19F2NO. The van der Waals surface area contributed by atoms with Crippen molar-refractivity contribution >= 4 is 0 Å². The Morgan fingerprint density at radius 3 is 2.53 bits per heavy atom. The highest BCUT2D eigenvalue weighted by molar-refractivity contribution is 5.43. The molecule has 2 N–H and O–H groups in total. The van der Waals surface area contributed by atoms with Gasteiger partial charge in [-0.1, -0.05) is 12.1 Å². The molecule has 2 nitrogen and oxygen atoms in total. The van der Waals surface area contributed by atoms with E-state index in [1.165, 1.54) is 0 Å². The first-order valence-electron chi connectivity index (χ1n) is 6.68. The first-order chi connectivity index (χ1) is 8.69. The maximum absolute atomic E-state index is 13.1. The van der Waals surface area contributed by atoms with Crippen LogP contribution >= 0.6 is 0 Å². The van der Waals surface area contributed by atoms with Gasteiger partial charge >= 0.3 is 0 Å². The zero-order valence-electron chi connectivity index (χ0n) is 11.3. The number of ether oxygens (including phenoxy) is 1. The number of halogens is 2. The van der Waals surface area contributed by atoms with Crippen molar-refractivity contribution in [1.82, 2.24) is 0 Å². The summed E-state index contributed by atoms with van der Waals surface area (Å²) in [6.07, 6.45) is 1.32. The van der Waals surface area contributed by atoms with Gasteiger partial charge in [0.2, 0.25) is 0 Å². The van der Waals surface area contributed by atoms with Gasteiger partial charge in [-0.05, 0) is 43.9 Å². The number of alkyl halides is 2. The van der Waals surface area contributed by atoms with Gasteiger partial charge in [0.05, 0.1) is 5.54 Å². The lowest BCUT2D eigenvalue weighted by Crippen LogP contribution is -2.55. The zero-order chi connectivity index (χ0) is 13.9. The molecule has 0 unspecified atom stereocenters. The summed E-state index contributed by atoms with van der Waals surface area (Å²) in [4.78, 5) is 0. The molecule has 1 aliphatic carbocycles. The van der Waals surface area contributed by atoms with E-state index in [0.717, 1.165) is 29.7 Å². The summed E-state index contributed by atoms with van der Waals surface area (Å²) in [5.41, 5.74) is 6.93. The van der Waals surface area contributed by atoms with Gasteiger partial charge in [0.25, 0.3) is 5.92 Å². The van der Waals surface area contributed by atoms with E-state index in [4.69, 9.17) is 10.5 Å². The minimum Gasteiger partial charge on any atom is -0.488 e. The van der Waals surface area contributed by atoms with Crippen molar-refractivity contribution in [3.8, 4) is 5.75 Å². The molecule has 1 aromatic carbocycles. The Labute approximate surface area is 111 Å². The first-order valence-corrected chi connectivity index (χ1v) is 6.68. The van der Waals surface area contributed by atoms with Crippen LogP contribution in [0.25, 0.3) is 0 Å². The van der Waals surface area contributed by atoms with Crippen molar-refractivity contribution in [2.45, 2.75) is 56.6 Å². The molecular weight excluding hydrogens is 248 g/mol. The number of fused-ring (bicyclic) bond motifs is 1. The summed E-state index contributed by atoms with van der Waals surface area (Å²) < 4.78 is 32.0. The number of rotatable bonds is 1. The Kier molecular flexibility index (Phi) is 2.50. The van der Waals surface area contributed by atoms with Gasteiger partial charge < -0.3 is 10.5 Å². The van der Waals surface area contributed by atoms with Crippen molar-refractivity contribution in [2.24, 2.45) is 5.73 Å². The minimum absolute atomic E-state index is 0.154. The van der Waals surface area contributed by atoms with Gasteiger partial charge in [0.15, 0.2) is 0 Å². The zero-order valence-corrected chi connectivity index (χ0v) is 11.3. The van der Waals surface area contributed by atoms with Gasteiger partial charge in [-0.25, -0.2) is 8.78 Å². The molecule has 1 aliphatic heterocycles. The SMILES string of the molecule is CC1(C)CCc2cc(C3(N)CC(F)(F)C3)ccc2O1. The summed E-state index contributed by atoms with van der Waals surface area (Å²) in [6.45, 7) is 4.11. The third kappa shape index (κ3) is 2.22. The maximum atomic E-state index is 13.1. The van der Waals surface area contributed by atoms with Crippen molar-refractivity contribution in [1.29, 1.82) is 0 Å². The number of hydrogen-bond acceptors (Lipinski definition) is 2. The monoisotopic (exact) mass is 267 g/mol. The van der Waals surface area contributed by atoms with Gasteiger partial charge in [0, 0.05) is 12.8 Å². The van der Waals surface area contributed by atoms with E-state index in [0.29, 0.717) is 0 Å². The van der Waals surface area contributed by atoms with Crippen LogP contribution in [0.3, 0.4) is 0 Å². The lowest BCUT2D eigenvalue weighted by molar-refractivity contribution is -0.125. The molecule has 0 bridgehead atoms. The fourth-order valence-corrected chi connectivity index (χ4v) is 3.04. The highest BCUT2D eigenvalue weighted by Crippen LogP contribution is 2.50. The van der Waals surface area contributed by atoms with Crippen LogP contribution < -0.4 is 10.5 Å². The van der Waals surface area contributed by atoms with Crippen LogP contribution in [0.4, 0.5) is 8.78 Å². The second kappa shape index (κ2) is 3.69. The van der Waals surface area contributed by atoms with Crippen molar-refractivity contribution in [3.05, 3.63) is 29.3 Å².